The van der Waals surface area contributed by atoms with Crippen molar-refractivity contribution in [3.05, 3.63) is 41.3 Å². The van der Waals surface area contributed by atoms with Crippen molar-refractivity contribution in [2.45, 2.75) is 26.3 Å². The maximum atomic E-state index is 12.8. The van der Waals surface area contributed by atoms with Gasteiger partial charge in [-0.3, -0.25) is 0 Å². The van der Waals surface area contributed by atoms with Crippen molar-refractivity contribution < 1.29 is 4.39 Å². The Morgan fingerprint density at radius 2 is 1.94 bits per heavy atom. The van der Waals surface area contributed by atoms with Gasteiger partial charge in [-0.1, -0.05) is 31.2 Å². The molecule has 90 valence electrons. The maximum absolute atomic E-state index is 12.8. The lowest BCUT2D eigenvalue weighted by molar-refractivity contribution is 0.594. The Labute approximate surface area is 99.2 Å². The number of hydrogen-bond donors (Lipinski definition) is 1. The molecule has 1 aromatic heterocycles. The number of nitrogens with zero attached hydrogens (tertiary/aromatic N) is 3. The van der Waals surface area contributed by atoms with E-state index in [2.05, 4.69) is 10.3 Å². The van der Waals surface area contributed by atoms with Crippen molar-refractivity contribution in [3.8, 4) is 0 Å². The van der Waals surface area contributed by atoms with Gasteiger partial charge in [-0.15, -0.1) is 5.10 Å². The number of anilines is 1. The highest BCUT2D eigenvalue weighted by Crippen LogP contribution is 2.20. The third kappa shape index (κ3) is 2.43. The highest BCUT2D eigenvalue weighted by Gasteiger charge is 2.13. The van der Waals surface area contributed by atoms with E-state index in [1.807, 2.05) is 13.8 Å². The van der Waals surface area contributed by atoms with Crippen LogP contribution < -0.4 is 5.73 Å². The van der Waals surface area contributed by atoms with Gasteiger partial charge >= 0.3 is 0 Å². The van der Waals surface area contributed by atoms with E-state index in [0.29, 0.717) is 12.4 Å². The van der Waals surface area contributed by atoms with Crippen molar-refractivity contribution in [2.75, 3.05) is 5.73 Å². The van der Waals surface area contributed by atoms with Gasteiger partial charge in [0.1, 0.15) is 5.82 Å². The summed E-state index contributed by atoms with van der Waals surface area (Å²) in [4.78, 5) is 0. The Bertz CT molecular complexity index is 502. The third-order valence-electron chi connectivity index (χ3n) is 2.59. The standard InChI is InChI=1S/C12H15FN4/c1-8(2)11-12(14)15-16-17(11)7-9-3-5-10(13)6-4-9/h3-6,8H,7,14H2,1-2H3. The van der Waals surface area contributed by atoms with Gasteiger partial charge in [-0.25, -0.2) is 9.07 Å². The molecule has 2 rings (SSSR count). The molecule has 0 radical (unpaired) electrons. The van der Waals surface area contributed by atoms with Gasteiger partial charge in [0.05, 0.1) is 12.2 Å². The number of aromatic nitrogens is 3. The quantitative estimate of drug-likeness (QED) is 0.885. The van der Waals surface area contributed by atoms with Gasteiger partial charge in [-0.05, 0) is 23.6 Å². The molecule has 0 aliphatic heterocycles. The van der Waals surface area contributed by atoms with E-state index in [1.165, 1.54) is 12.1 Å². The molecule has 4 nitrogen and oxygen atoms in total. The van der Waals surface area contributed by atoms with Gasteiger partial charge in [0.2, 0.25) is 0 Å². The molecule has 0 amide bonds. The molecule has 0 spiro atoms. The molecule has 0 atom stereocenters. The second-order valence-corrected chi connectivity index (χ2v) is 4.30. The summed E-state index contributed by atoms with van der Waals surface area (Å²) in [6.45, 7) is 4.63. The number of nitrogen functional groups attached to an aromatic ring is 1. The lowest BCUT2D eigenvalue weighted by atomic mass is 10.1. The minimum absolute atomic E-state index is 0.240. The van der Waals surface area contributed by atoms with Gasteiger partial charge < -0.3 is 5.73 Å². The Balaban J connectivity index is 2.27. The topological polar surface area (TPSA) is 56.7 Å². The van der Waals surface area contributed by atoms with Crippen LogP contribution in [0.3, 0.4) is 0 Å². The van der Waals surface area contributed by atoms with Crippen molar-refractivity contribution >= 4 is 5.82 Å². The molecule has 0 saturated carbocycles. The molecule has 0 aliphatic rings. The minimum Gasteiger partial charge on any atom is -0.381 e. The summed E-state index contributed by atoms with van der Waals surface area (Å²) >= 11 is 0. The summed E-state index contributed by atoms with van der Waals surface area (Å²) < 4.78 is 14.5. The van der Waals surface area contributed by atoms with Gasteiger partial charge in [0.25, 0.3) is 0 Å². The average molecular weight is 234 g/mol. The number of benzene rings is 1. The van der Waals surface area contributed by atoms with E-state index in [-0.39, 0.29) is 11.7 Å². The van der Waals surface area contributed by atoms with Gasteiger partial charge in [0.15, 0.2) is 5.82 Å². The third-order valence-corrected chi connectivity index (χ3v) is 2.59. The molecular formula is C12H15FN4. The predicted octanol–water partition coefficient (Wildman–Crippen LogP) is 2.17. The van der Waals surface area contributed by atoms with E-state index < -0.39 is 0 Å². The molecule has 0 saturated heterocycles. The monoisotopic (exact) mass is 234 g/mol. The van der Waals surface area contributed by atoms with Crippen LogP contribution in [0, 0.1) is 5.82 Å². The van der Waals surface area contributed by atoms with Crippen LogP contribution in [0.5, 0.6) is 0 Å². The number of rotatable bonds is 3. The van der Waals surface area contributed by atoms with Gasteiger partial charge in [0, 0.05) is 0 Å². The summed E-state index contributed by atoms with van der Waals surface area (Å²) in [6.07, 6.45) is 0. The molecule has 5 heteroatoms. The first-order chi connectivity index (χ1) is 8.08. The predicted molar refractivity (Wildman–Crippen MR) is 64.0 cm³/mol. The second kappa shape index (κ2) is 4.53. The number of nitrogens with two attached hydrogens (primary N) is 1. The van der Waals surface area contributed by atoms with E-state index in [0.717, 1.165) is 11.3 Å². The molecule has 1 aromatic carbocycles. The SMILES string of the molecule is CC(C)c1c(N)nnn1Cc1ccc(F)cc1. The molecule has 2 aromatic rings. The van der Waals surface area contributed by atoms with E-state index in [1.54, 1.807) is 16.8 Å². The zero-order chi connectivity index (χ0) is 12.4. The minimum atomic E-state index is -0.240. The largest absolute Gasteiger partial charge is 0.381 e. The molecule has 17 heavy (non-hydrogen) atoms. The molecule has 0 unspecified atom stereocenters. The summed E-state index contributed by atoms with van der Waals surface area (Å²) in [7, 11) is 0. The van der Waals surface area contributed by atoms with Crippen LogP contribution in [-0.2, 0) is 6.54 Å². The van der Waals surface area contributed by atoms with Crippen molar-refractivity contribution in [3.63, 3.8) is 0 Å². The first kappa shape index (κ1) is 11.6. The van der Waals surface area contributed by atoms with Crippen LogP contribution in [0.4, 0.5) is 10.2 Å². The van der Waals surface area contributed by atoms with Crippen LogP contribution in [0.1, 0.15) is 31.0 Å². The Morgan fingerprint density at radius 3 is 2.53 bits per heavy atom. The van der Waals surface area contributed by atoms with Crippen LogP contribution in [-0.4, -0.2) is 15.0 Å². The zero-order valence-electron chi connectivity index (χ0n) is 9.89. The fourth-order valence-corrected chi connectivity index (χ4v) is 1.81. The molecule has 0 aliphatic carbocycles. The van der Waals surface area contributed by atoms with Crippen LogP contribution in [0.15, 0.2) is 24.3 Å². The fraction of sp³-hybridized carbons (Fsp3) is 0.333. The first-order valence-electron chi connectivity index (χ1n) is 5.51. The van der Waals surface area contributed by atoms with Gasteiger partial charge in [-0.2, -0.15) is 0 Å². The molecule has 1 heterocycles. The highest BCUT2D eigenvalue weighted by atomic mass is 19.1. The highest BCUT2D eigenvalue weighted by molar-refractivity contribution is 5.35. The average Bonchev–Trinajstić information content (AvgIpc) is 2.63. The van der Waals surface area contributed by atoms with Crippen molar-refractivity contribution in [1.29, 1.82) is 0 Å². The second-order valence-electron chi connectivity index (χ2n) is 4.30. The number of hydrogen-bond acceptors (Lipinski definition) is 3. The molecular weight excluding hydrogens is 219 g/mol. The first-order valence-corrected chi connectivity index (χ1v) is 5.51. The zero-order valence-corrected chi connectivity index (χ0v) is 9.89. The number of halogens is 1. The van der Waals surface area contributed by atoms with E-state index >= 15 is 0 Å². The van der Waals surface area contributed by atoms with Crippen molar-refractivity contribution in [2.24, 2.45) is 0 Å². The Hall–Kier alpha value is -1.91. The summed E-state index contributed by atoms with van der Waals surface area (Å²) in [5.41, 5.74) is 7.65. The van der Waals surface area contributed by atoms with Crippen LogP contribution in [0.2, 0.25) is 0 Å². The summed E-state index contributed by atoms with van der Waals surface area (Å²) in [5, 5.41) is 7.87. The molecule has 0 bridgehead atoms. The fourth-order valence-electron chi connectivity index (χ4n) is 1.81. The van der Waals surface area contributed by atoms with Crippen LogP contribution in [0.25, 0.3) is 0 Å². The Kier molecular flexibility index (Phi) is 3.08. The van der Waals surface area contributed by atoms with Crippen molar-refractivity contribution in [1.82, 2.24) is 15.0 Å². The summed E-state index contributed by atoms with van der Waals surface area (Å²) in [6, 6.07) is 6.34. The maximum Gasteiger partial charge on any atom is 0.169 e. The van der Waals surface area contributed by atoms with E-state index in [4.69, 9.17) is 5.73 Å². The normalized spacial score (nSPS) is 11.1. The smallest absolute Gasteiger partial charge is 0.169 e. The Morgan fingerprint density at radius 1 is 1.29 bits per heavy atom. The molecule has 0 fully saturated rings. The lowest BCUT2D eigenvalue weighted by Gasteiger charge is -2.09. The van der Waals surface area contributed by atoms with E-state index in [9.17, 15) is 4.39 Å². The molecule has 2 N–H and O–H groups in total. The van der Waals surface area contributed by atoms with Crippen LogP contribution >= 0.6 is 0 Å². The summed E-state index contributed by atoms with van der Waals surface area (Å²) in [5.74, 6) is 0.475. The lowest BCUT2D eigenvalue weighted by Crippen LogP contribution is -2.08.